The second kappa shape index (κ2) is 6.76. The van der Waals surface area contributed by atoms with Crippen molar-refractivity contribution < 1.29 is 0 Å². The molecule has 2 fully saturated rings. The monoisotopic (exact) mass is 306 g/mol. The predicted molar refractivity (Wildman–Crippen MR) is 97.5 cm³/mol. The summed E-state index contributed by atoms with van der Waals surface area (Å²) in [5.41, 5.74) is 1.50. The van der Waals surface area contributed by atoms with Gasteiger partial charge in [-0.15, -0.1) is 0 Å². The Bertz CT molecular complexity index is 685. The molecule has 2 heteroatoms. The van der Waals surface area contributed by atoms with Gasteiger partial charge in [0.2, 0.25) is 0 Å². The summed E-state index contributed by atoms with van der Waals surface area (Å²) in [5.74, 6) is 2.28. The average molecular weight is 306 g/mol. The Labute approximate surface area is 139 Å². The maximum atomic E-state index is 3.52. The van der Waals surface area contributed by atoms with E-state index in [0.717, 1.165) is 24.3 Å². The summed E-state index contributed by atoms with van der Waals surface area (Å²) in [5, 5.41) is 9.65. The van der Waals surface area contributed by atoms with E-state index in [1.807, 2.05) is 0 Å². The highest BCUT2D eigenvalue weighted by Crippen LogP contribution is 2.48. The lowest BCUT2D eigenvalue weighted by molar-refractivity contribution is 0.369. The van der Waals surface area contributed by atoms with Gasteiger partial charge in [0.1, 0.15) is 0 Å². The van der Waals surface area contributed by atoms with Gasteiger partial charge in [-0.05, 0) is 72.6 Å². The zero-order valence-corrected chi connectivity index (χ0v) is 13.7. The van der Waals surface area contributed by atoms with Crippen LogP contribution in [0.25, 0.3) is 10.8 Å². The molecule has 0 radical (unpaired) electrons. The van der Waals surface area contributed by atoms with Crippen LogP contribution in [0.4, 0.5) is 0 Å². The second-order valence-corrected chi connectivity index (χ2v) is 7.07. The van der Waals surface area contributed by atoms with Crippen molar-refractivity contribution in [2.75, 3.05) is 19.6 Å². The number of benzene rings is 2. The van der Waals surface area contributed by atoms with Crippen LogP contribution in [0.15, 0.2) is 54.7 Å². The maximum absolute atomic E-state index is 3.52. The number of hydrogen-bond donors (Lipinski definition) is 2. The van der Waals surface area contributed by atoms with Crippen LogP contribution in [0, 0.1) is 11.8 Å². The number of hydrogen-bond acceptors (Lipinski definition) is 2. The van der Waals surface area contributed by atoms with E-state index in [1.54, 1.807) is 0 Å². The fourth-order valence-corrected chi connectivity index (χ4v) is 3.76. The van der Waals surface area contributed by atoms with Gasteiger partial charge in [-0.1, -0.05) is 48.5 Å². The number of piperidine rings is 1. The van der Waals surface area contributed by atoms with Crippen molar-refractivity contribution in [2.45, 2.75) is 25.2 Å². The molecule has 0 amide bonds. The number of fused-ring (bicyclic) bond motifs is 1. The van der Waals surface area contributed by atoms with Gasteiger partial charge in [0.15, 0.2) is 0 Å². The minimum Gasteiger partial charge on any atom is -0.391 e. The summed E-state index contributed by atoms with van der Waals surface area (Å²) in [6.07, 6.45) is 8.49. The van der Waals surface area contributed by atoms with Crippen LogP contribution in [0.3, 0.4) is 0 Å². The van der Waals surface area contributed by atoms with E-state index in [-0.39, 0.29) is 0 Å². The van der Waals surface area contributed by atoms with Crippen molar-refractivity contribution in [1.82, 2.24) is 10.6 Å². The van der Waals surface area contributed by atoms with Crippen molar-refractivity contribution >= 4 is 10.8 Å². The predicted octanol–water partition coefficient (Wildman–Crippen LogP) is 4.05. The van der Waals surface area contributed by atoms with Crippen LogP contribution in [-0.4, -0.2) is 19.6 Å². The van der Waals surface area contributed by atoms with Crippen molar-refractivity contribution in [1.29, 1.82) is 0 Å². The molecule has 2 atom stereocenters. The normalized spacial score (nSPS) is 25.0. The summed E-state index contributed by atoms with van der Waals surface area (Å²) in [6.45, 7) is 3.50. The minimum atomic E-state index is 0.719. The van der Waals surface area contributed by atoms with Crippen LogP contribution in [0.1, 0.15) is 30.7 Å². The second-order valence-electron chi connectivity index (χ2n) is 7.07. The zero-order valence-electron chi connectivity index (χ0n) is 13.7. The molecule has 120 valence electrons. The first-order valence-corrected chi connectivity index (χ1v) is 8.99. The molecule has 2 aromatic rings. The van der Waals surface area contributed by atoms with E-state index in [9.17, 15) is 0 Å². The fourth-order valence-electron chi connectivity index (χ4n) is 3.76. The van der Waals surface area contributed by atoms with Gasteiger partial charge in [0.25, 0.3) is 0 Å². The first-order chi connectivity index (χ1) is 11.4. The summed E-state index contributed by atoms with van der Waals surface area (Å²) in [4.78, 5) is 0. The number of rotatable bonds is 5. The lowest BCUT2D eigenvalue weighted by atomic mass is 9.98. The molecule has 0 aromatic heterocycles. The third-order valence-electron chi connectivity index (χ3n) is 5.37. The van der Waals surface area contributed by atoms with Gasteiger partial charge >= 0.3 is 0 Å². The Hall–Kier alpha value is -1.80. The maximum Gasteiger partial charge on any atom is 0.0170 e. The highest BCUT2D eigenvalue weighted by molar-refractivity contribution is 5.83. The third-order valence-corrected chi connectivity index (χ3v) is 5.37. The van der Waals surface area contributed by atoms with Crippen LogP contribution < -0.4 is 10.6 Å². The molecule has 1 aliphatic heterocycles. The van der Waals surface area contributed by atoms with Crippen molar-refractivity contribution in [3.05, 3.63) is 60.3 Å². The first-order valence-electron chi connectivity index (χ1n) is 8.99. The highest BCUT2D eigenvalue weighted by atomic mass is 14.9. The lowest BCUT2D eigenvalue weighted by Crippen LogP contribution is -2.32. The Morgan fingerprint density at radius 1 is 1.04 bits per heavy atom. The van der Waals surface area contributed by atoms with E-state index in [4.69, 9.17) is 0 Å². The minimum absolute atomic E-state index is 0.719. The molecule has 2 aromatic carbocycles. The van der Waals surface area contributed by atoms with Gasteiger partial charge in [0.05, 0.1) is 0 Å². The standard InChI is InChI=1S/C21H26N2/c1-2-4-18-13-19(6-5-17(18)3-1)21-14-20(21)9-12-23-15-16-7-10-22-11-8-16/h1-6,9,12-13,16,20-23H,7-8,10-11,14-15H2/b12-9+/t20-,21+/m0/s1. The molecule has 1 aliphatic carbocycles. The summed E-state index contributed by atoms with van der Waals surface area (Å²) in [6, 6.07) is 15.6. The van der Waals surface area contributed by atoms with E-state index in [1.165, 1.54) is 48.7 Å². The van der Waals surface area contributed by atoms with E-state index >= 15 is 0 Å². The third kappa shape index (κ3) is 3.59. The molecule has 1 saturated heterocycles. The molecule has 1 saturated carbocycles. The van der Waals surface area contributed by atoms with Crippen molar-refractivity contribution in [2.24, 2.45) is 11.8 Å². The molecule has 1 heterocycles. The molecule has 2 aliphatic rings. The smallest absolute Gasteiger partial charge is 0.0170 e. The largest absolute Gasteiger partial charge is 0.391 e. The molecular weight excluding hydrogens is 280 g/mol. The Morgan fingerprint density at radius 2 is 1.87 bits per heavy atom. The first kappa shape index (κ1) is 14.8. The quantitative estimate of drug-likeness (QED) is 0.871. The molecule has 23 heavy (non-hydrogen) atoms. The lowest BCUT2D eigenvalue weighted by Gasteiger charge is -2.22. The van der Waals surface area contributed by atoms with Crippen LogP contribution >= 0.6 is 0 Å². The SMILES string of the molecule is C(=C\[C@H]1C[C@@H]1c1ccc2ccccc2c1)/NCC1CCNCC1. The summed E-state index contributed by atoms with van der Waals surface area (Å²) >= 11 is 0. The Balaban J connectivity index is 1.29. The van der Waals surface area contributed by atoms with E-state index < -0.39 is 0 Å². The van der Waals surface area contributed by atoms with E-state index in [0.29, 0.717) is 0 Å². The van der Waals surface area contributed by atoms with Crippen LogP contribution in [0.2, 0.25) is 0 Å². The van der Waals surface area contributed by atoms with Crippen molar-refractivity contribution in [3.63, 3.8) is 0 Å². The fraction of sp³-hybridized carbons (Fsp3) is 0.429. The van der Waals surface area contributed by atoms with Crippen molar-refractivity contribution in [3.8, 4) is 0 Å². The molecule has 2 nitrogen and oxygen atoms in total. The number of nitrogens with one attached hydrogen (secondary N) is 2. The molecular formula is C21H26N2. The Kier molecular flexibility index (Phi) is 4.34. The number of allylic oxidation sites excluding steroid dienone is 1. The van der Waals surface area contributed by atoms with Crippen LogP contribution in [-0.2, 0) is 0 Å². The molecule has 2 N–H and O–H groups in total. The molecule has 0 spiro atoms. The molecule has 4 rings (SSSR count). The van der Waals surface area contributed by atoms with Crippen LogP contribution in [0.5, 0.6) is 0 Å². The van der Waals surface area contributed by atoms with Gasteiger partial charge in [-0.3, -0.25) is 0 Å². The highest BCUT2D eigenvalue weighted by Gasteiger charge is 2.36. The topological polar surface area (TPSA) is 24.1 Å². The summed E-state index contributed by atoms with van der Waals surface area (Å²) in [7, 11) is 0. The molecule has 0 unspecified atom stereocenters. The van der Waals surface area contributed by atoms with E-state index in [2.05, 4.69) is 65.4 Å². The summed E-state index contributed by atoms with van der Waals surface area (Å²) < 4.78 is 0. The Morgan fingerprint density at radius 3 is 2.74 bits per heavy atom. The zero-order chi connectivity index (χ0) is 15.5. The average Bonchev–Trinajstić information content (AvgIpc) is 3.39. The van der Waals surface area contributed by atoms with Gasteiger partial charge in [-0.2, -0.15) is 0 Å². The van der Waals surface area contributed by atoms with Gasteiger partial charge < -0.3 is 10.6 Å². The van der Waals surface area contributed by atoms with Gasteiger partial charge in [0, 0.05) is 6.54 Å². The van der Waals surface area contributed by atoms with Gasteiger partial charge in [-0.25, -0.2) is 0 Å². The molecule has 0 bridgehead atoms.